The van der Waals surface area contributed by atoms with E-state index < -0.39 is 12.1 Å². The van der Waals surface area contributed by atoms with Crippen molar-refractivity contribution in [3.05, 3.63) is 58.6 Å². The predicted octanol–water partition coefficient (Wildman–Crippen LogP) is 3.21. The standard InChI is InChI=1S/C20H21ClN2O5/c1-26-15-7-6-13(17(9-15)27-2)11-28-20(25)22-16-10-18(24)23-19(16)12-4-3-5-14(21)8-12/h3-9,16,19H,10-11H2,1-2H3,(H,22,25)(H,23,24)/t16?,19-/m1/s1. The Labute approximate surface area is 167 Å². The second-order valence-electron chi connectivity index (χ2n) is 6.31. The summed E-state index contributed by atoms with van der Waals surface area (Å²) in [6.07, 6.45) is -0.454. The van der Waals surface area contributed by atoms with Crippen molar-refractivity contribution < 1.29 is 23.8 Å². The fraction of sp³-hybridized carbons (Fsp3) is 0.300. The Balaban J connectivity index is 1.63. The summed E-state index contributed by atoms with van der Waals surface area (Å²) in [5.74, 6) is 1.05. The lowest BCUT2D eigenvalue weighted by atomic mass is 10.0. The molecule has 8 heteroatoms. The minimum Gasteiger partial charge on any atom is -0.497 e. The number of alkyl carbamates (subject to hydrolysis) is 1. The predicted molar refractivity (Wildman–Crippen MR) is 104 cm³/mol. The summed E-state index contributed by atoms with van der Waals surface area (Å²) in [7, 11) is 3.09. The number of carbonyl (C=O) groups excluding carboxylic acids is 2. The second kappa shape index (κ2) is 8.84. The Bertz CT molecular complexity index is 873. The van der Waals surface area contributed by atoms with Crippen LogP contribution in [0.2, 0.25) is 5.02 Å². The van der Waals surface area contributed by atoms with Gasteiger partial charge >= 0.3 is 6.09 Å². The number of methoxy groups -OCH3 is 2. The van der Waals surface area contributed by atoms with Gasteiger partial charge in [-0.2, -0.15) is 0 Å². The smallest absolute Gasteiger partial charge is 0.407 e. The van der Waals surface area contributed by atoms with E-state index in [1.807, 2.05) is 6.07 Å². The molecule has 0 aliphatic carbocycles. The number of carbonyl (C=O) groups is 2. The molecule has 1 fully saturated rings. The van der Waals surface area contributed by atoms with Crippen LogP contribution in [-0.2, 0) is 16.1 Å². The van der Waals surface area contributed by atoms with Crippen LogP contribution in [0, 0.1) is 0 Å². The van der Waals surface area contributed by atoms with Gasteiger partial charge in [0.2, 0.25) is 5.91 Å². The van der Waals surface area contributed by atoms with Crippen LogP contribution in [-0.4, -0.2) is 32.3 Å². The minimum absolute atomic E-state index is 0.0227. The number of hydrogen-bond acceptors (Lipinski definition) is 5. The molecule has 0 saturated carbocycles. The molecule has 2 atom stereocenters. The molecule has 7 nitrogen and oxygen atoms in total. The van der Waals surface area contributed by atoms with Crippen LogP contribution in [0.25, 0.3) is 0 Å². The summed E-state index contributed by atoms with van der Waals surface area (Å²) in [6, 6.07) is 11.6. The molecule has 0 aromatic heterocycles. The zero-order valence-corrected chi connectivity index (χ0v) is 16.3. The van der Waals surface area contributed by atoms with E-state index in [0.29, 0.717) is 22.1 Å². The van der Waals surface area contributed by atoms with Gasteiger partial charge in [0.05, 0.1) is 26.3 Å². The van der Waals surface area contributed by atoms with Gasteiger partial charge in [0.25, 0.3) is 0 Å². The highest BCUT2D eigenvalue weighted by Gasteiger charge is 2.35. The molecule has 3 rings (SSSR count). The van der Waals surface area contributed by atoms with E-state index in [4.69, 9.17) is 25.8 Å². The van der Waals surface area contributed by atoms with Gasteiger partial charge in [0.1, 0.15) is 18.1 Å². The van der Waals surface area contributed by atoms with Crippen LogP contribution in [0.3, 0.4) is 0 Å². The zero-order valence-electron chi connectivity index (χ0n) is 15.5. The fourth-order valence-corrected chi connectivity index (χ4v) is 3.31. The normalized spacial score (nSPS) is 18.3. The SMILES string of the molecule is COc1ccc(COC(=O)NC2CC(=O)N[C@@H]2c2cccc(Cl)c2)c(OC)c1. The van der Waals surface area contributed by atoms with Crippen molar-refractivity contribution in [3.63, 3.8) is 0 Å². The zero-order chi connectivity index (χ0) is 20.1. The first-order valence-corrected chi connectivity index (χ1v) is 9.07. The van der Waals surface area contributed by atoms with E-state index in [1.165, 1.54) is 7.11 Å². The molecule has 28 heavy (non-hydrogen) atoms. The minimum atomic E-state index is -0.619. The molecule has 2 N–H and O–H groups in total. The third kappa shape index (κ3) is 4.67. The largest absolute Gasteiger partial charge is 0.497 e. The number of benzene rings is 2. The number of hydrogen-bond donors (Lipinski definition) is 2. The monoisotopic (exact) mass is 404 g/mol. The summed E-state index contributed by atoms with van der Waals surface area (Å²) < 4.78 is 15.8. The molecule has 148 valence electrons. The molecular formula is C20H21ClN2O5. The maximum atomic E-state index is 12.3. The molecule has 1 saturated heterocycles. The quantitative estimate of drug-likeness (QED) is 0.772. The second-order valence-corrected chi connectivity index (χ2v) is 6.75. The molecule has 0 spiro atoms. The first-order chi connectivity index (χ1) is 13.5. The number of halogens is 1. The van der Waals surface area contributed by atoms with Crippen molar-refractivity contribution in [1.29, 1.82) is 0 Å². The van der Waals surface area contributed by atoms with Crippen LogP contribution in [0.5, 0.6) is 11.5 Å². The Hall–Kier alpha value is -2.93. The Morgan fingerprint density at radius 2 is 2.04 bits per heavy atom. The topological polar surface area (TPSA) is 85.9 Å². The summed E-state index contributed by atoms with van der Waals surface area (Å²) in [4.78, 5) is 24.1. The molecular weight excluding hydrogens is 384 g/mol. The lowest BCUT2D eigenvalue weighted by Crippen LogP contribution is -2.38. The van der Waals surface area contributed by atoms with Gasteiger partial charge in [-0.25, -0.2) is 4.79 Å². The summed E-state index contributed by atoms with van der Waals surface area (Å²) in [6.45, 7) is 0.0227. The molecule has 0 radical (unpaired) electrons. The lowest BCUT2D eigenvalue weighted by molar-refractivity contribution is -0.119. The average Bonchev–Trinajstić information content (AvgIpc) is 3.06. The number of ether oxygens (including phenoxy) is 3. The van der Waals surface area contributed by atoms with Gasteiger partial charge in [-0.3, -0.25) is 4.79 Å². The highest BCUT2D eigenvalue weighted by molar-refractivity contribution is 6.30. The highest BCUT2D eigenvalue weighted by atomic mass is 35.5. The van der Waals surface area contributed by atoms with Gasteiger partial charge in [0, 0.05) is 23.1 Å². The maximum Gasteiger partial charge on any atom is 0.407 e. The van der Waals surface area contributed by atoms with Gasteiger partial charge in [-0.15, -0.1) is 0 Å². The molecule has 2 aromatic carbocycles. The van der Waals surface area contributed by atoms with E-state index in [0.717, 1.165) is 5.56 Å². The van der Waals surface area contributed by atoms with Gasteiger partial charge in [-0.05, 0) is 29.8 Å². The number of rotatable bonds is 6. The molecule has 2 amide bonds. The molecule has 1 aliphatic rings. The summed E-state index contributed by atoms with van der Waals surface area (Å²) in [5.41, 5.74) is 1.52. The highest BCUT2D eigenvalue weighted by Crippen LogP contribution is 2.27. The third-order valence-electron chi connectivity index (χ3n) is 4.49. The maximum absolute atomic E-state index is 12.3. The van der Waals surface area contributed by atoms with E-state index in [1.54, 1.807) is 43.5 Å². The van der Waals surface area contributed by atoms with Crippen LogP contribution in [0.1, 0.15) is 23.6 Å². The van der Waals surface area contributed by atoms with Gasteiger partial charge in [0.15, 0.2) is 0 Å². The van der Waals surface area contributed by atoms with Gasteiger partial charge < -0.3 is 24.8 Å². The Morgan fingerprint density at radius 3 is 2.75 bits per heavy atom. The summed E-state index contributed by atoms with van der Waals surface area (Å²) >= 11 is 6.04. The van der Waals surface area contributed by atoms with Crippen LogP contribution in [0.4, 0.5) is 4.79 Å². The van der Waals surface area contributed by atoms with Crippen molar-refractivity contribution in [1.82, 2.24) is 10.6 Å². The Kier molecular flexibility index (Phi) is 6.26. The van der Waals surface area contributed by atoms with E-state index in [2.05, 4.69) is 10.6 Å². The van der Waals surface area contributed by atoms with Gasteiger partial charge in [-0.1, -0.05) is 23.7 Å². The van der Waals surface area contributed by atoms with Crippen molar-refractivity contribution in [3.8, 4) is 11.5 Å². The van der Waals surface area contributed by atoms with E-state index >= 15 is 0 Å². The molecule has 0 bridgehead atoms. The molecule has 1 heterocycles. The summed E-state index contributed by atoms with van der Waals surface area (Å²) in [5, 5.41) is 6.17. The first kappa shape index (κ1) is 19.8. The van der Waals surface area contributed by atoms with Crippen molar-refractivity contribution in [2.24, 2.45) is 0 Å². The first-order valence-electron chi connectivity index (χ1n) is 8.69. The lowest BCUT2D eigenvalue weighted by Gasteiger charge is -2.20. The van der Waals surface area contributed by atoms with E-state index in [-0.39, 0.29) is 25.0 Å². The third-order valence-corrected chi connectivity index (χ3v) is 4.72. The molecule has 1 aliphatic heterocycles. The average molecular weight is 405 g/mol. The van der Waals surface area contributed by atoms with Crippen molar-refractivity contribution in [2.75, 3.05) is 14.2 Å². The van der Waals surface area contributed by atoms with E-state index in [9.17, 15) is 9.59 Å². The molecule has 1 unspecified atom stereocenters. The van der Waals surface area contributed by atoms with Crippen molar-refractivity contribution in [2.45, 2.75) is 25.1 Å². The fourth-order valence-electron chi connectivity index (χ4n) is 3.11. The number of amides is 2. The van der Waals surface area contributed by atoms with Crippen LogP contribution >= 0.6 is 11.6 Å². The van der Waals surface area contributed by atoms with Crippen LogP contribution < -0.4 is 20.1 Å². The van der Waals surface area contributed by atoms with Crippen molar-refractivity contribution >= 4 is 23.6 Å². The Morgan fingerprint density at radius 1 is 1.21 bits per heavy atom. The molecule has 2 aromatic rings. The van der Waals surface area contributed by atoms with Crippen LogP contribution in [0.15, 0.2) is 42.5 Å². The number of nitrogens with one attached hydrogen (secondary N) is 2.